The fraction of sp³-hybridized carbons (Fsp3) is 0.667. The van der Waals surface area contributed by atoms with Crippen molar-refractivity contribution < 1.29 is 9.90 Å². The zero-order valence-electron chi connectivity index (χ0n) is 8.41. The molecule has 0 radical (unpaired) electrons. The summed E-state index contributed by atoms with van der Waals surface area (Å²) in [4.78, 5) is 17.1. The Balaban J connectivity index is 1.70. The van der Waals surface area contributed by atoms with E-state index >= 15 is 0 Å². The van der Waals surface area contributed by atoms with Crippen LogP contribution in [0.4, 0.5) is 0 Å². The molecule has 6 heteroatoms. The maximum atomic E-state index is 11.6. The lowest BCUT2D eigenvalue weighted by Crippen LogP contribution is -2.51. The number of amides is 1. The number of aliphatic hydroxyl groups excluding tert-OH is 1. The molecule has 1 aromatic rings. The average Bonchev–Trinajstić information content (AvgIpc) is 2.65. The van der Waals surface area contributed by atoms with Crippen LogP contribution in [0, 0.1) is 5.92 Å². The first kappa shape index (κ1) is 10.1. The Morgan fingerprint density at radius 2 is 2.33 bits per heavy atom. The second-order valence-corrected chi connectivity index (χ2v) is 3.76. The largest absolute Gasteiger partial charge is 0.396 e. The lowest BCUT2D eigenvalue weighted by Gasteiger charge is -2.38. The molecule has 0 unspecified atom stereocenters. The first-order valence-electron chi connectivity index (χ1n) is 5.00. The van der Waals surface area contributed by atoms with Crippen molar-refractivity contribution in [2.45, 2.75) is 13.0 Å². The van der Waals surface area contributed by atoms with Crippen LogP contribution in [0.3, 0.4) is 0 Å². The number of likely N-dealkylation sites (tertiary alicyclic amines) is 1. The Bertz CT molecular complexity index is 319. The van der Waals surface area contributed by atoms with Crippen LogP contribution in [-0.4, -0.2) is 50.4 Å². The van der Waals surface area contributed by atoms with Crippen molar-refractivity contribution >= 4 is 5.91 Å². The Kier molecular flexibility index (Phi) is 2.96. The van der Waals surface area contributed by atoms with E-state index in [4.69, 9.17) is 5.11 Å². The number of hydrogen-bond donors (Lipinski definition) is 1. The van der Waals surface area contributed by atoms with Gasteiger partial charge in [0.15, 0.2) is 0 Å². The first-order valence-corrected chi connectivity index (χ1v) is 5.00. The van der Waals surface area contributed by atoms with Crippen molar-refractivity contribution in [3.63, 3.8) is 0 Å². The number of aromatic nitrogens is 3. The molecule has 1 aliphatic rings. The van der Waals surface area contributed by atoms with Crippen molar-refractivity contribution in [1.29, 1.82) is 0 Å². The number of nitrogens with zero attached hydrogens (tertiary/aromatic N) is 4. The minimum atomic E-state index is 0.121. The van der Waals surface area contributed by atoms with Crippen molar-refractivity contribution in [2.24, 2.45) is 5.92 Å². The molecule has 6 nitrogen and oxygen atoms in total. The highest BCUT2D eigenvalue weighted by Crippen LogP contribution is 2.15. The number of aliphatic hydroxyl groups is 1. The summed E-state index contributed by atoms with van der Waals surface area (Å²) in [6.45, 7) is 2.12. The van der Waals surface area contributed by atoms with E-state index in [9.17, 15) is 4.79 Å². The summed E-state index contributed by atoms with van der Waals surface area (Å²) < 4.78 is 1.64. The van der Waals surface area contributed by atoms with Crippen LogP contribution in [0.15, 0.2) is 12.7 Å². The van der Waals surface area contributed by atoms with Crippen LogP contribution in [-0.2, 0) is 11.3 Å². The van der Waals surface area contributed by atoms with Gasteiger partial charge in [-0.1, -0.05) is 0 Å². The van der Waals surface area contributed by atoms with Crippen molar-refractivity contribution in [2.75, 3.05) is 19.7 Å². The molecule has 0 atom stereocenters. The van der Waals surface area contributed by atoms with Crippen LogP contribution >= 0.6 is 0 Å². The average molecular weight is 210 g/mol. The van der Waals surface area contributed by atoms with Crippen LogP contribution in [0.5, 0.6) is 0 Å². The van der Waals surface area contributed by atoms with Gasteiger partial charge in [-0.15, -0.1) is 0 Å². The lowest BCUT2D eigenvalue weighted by atomic mass is 10.0. The van der Waals surface area contributed by atoms with Crippen LogP contribution in [0.25, 0.3) is 0 Å². The predicted octanol–water partition coefficient (Wildman–Crippen LogP) is -0.881. The summed E-state index contributed by atoms with van der Waals surface area (Å²) in [5, 5.41) is 12.7. The second kappa shape index (κ2) is 4.39. The Morgan fingerprint density at radius 3 is 2.93 bits per heavy atom. The lowest BCUT2D eigenvalue weighted by molar-refractivity contribution is -0.138. The Morgan fingerprint density at radius 1 is 1.53 bits per heavy atom. The molecule has 0 aliphatic carbocycles. The van der Waals surface area contributed by atoms with E-state index in [0.717, 1.165) is 0 Å². The predicted molar refractivity (Wildman–Crippen MR) is 51.8 cm³/mol. The summed E-state index contributed by atoms with van der Waals surface area (Å²) in [6.07, 6.45) is 3.50. The molecule has 1 saturated heterocycles. The van der Waals surface area contributed by atoms with Gasteiger partial charge in [-0.25, -0.2) is 4.98 Å². The molecule has 1 N–H and O–H groups in total. The second-order valence-electron chi connectivity index (χ2n) is 3.76. The summed E-state index contributed by atoms with van der Waals surface area (Å²) in [6, 6.07) is 0. The first-order chi connectivity index (χ1) is 7.29. The van der Waals surface area contributed by atoms with E-state index in [0.29, 0.717) is 26.1 Å². The molecule has 1 aromatic heterocycles. The monoisotopic (exact) mass is 210 g/mol. The number of rotatable bonds is 4. The SMILES string of the molecule is O=C(CCn1cncn1)N1CC(CO)C1. The topological polar surface area (TPSA) is 71.2 Å². The van der Waals surface area contributed by atoms with E-state index in [1.165, 1.54) is 6.33 Å². The van der Waals surface area contributed by atoms with Crippen molar-refractivity contribution in [3.05, 3.63) is 12.7 Å². The summed E-state index contributed by atoms with van der Waals surface area (Å²) in [5.41, 5.74) is 0. The summed E-state index contributed by atoms with van der Waals surface area (Å²) in [7, 11) is 0. The van der Waals surface area contributed by atoms with Gasteiger partial charge in [-0.2, -0.15) is 5.10 Å². The minimum Gasteiger partial charge on any atom is -0.396 e. The van der Waals surface area contributed by atoms with E-state index < -0.39 is 0 Å². The van der Waals surface area contributed by atoms with Gasteiger partial charge in [0.1, 0.15) is 12.7 Å². The third kappa shape index (κ3) is 2.33. The molecule has 0 spiro atoms. The van der Waals surface area contributed by atoms with Gasteiger partial charge in [0.05, 0.1) is 6.54 Å². The van der Waals surface area contributed by atoms with Crippen molar-refractivity contribution in [1.82, 2.24) is 19.7 Å². The summed E-state index contributed by atoms with van der Waals surface area (Å²) >= 11 is 0. The summed E-state index contributed by atoms with van der Waals surface area (Å²) in [5.74, 6) is 0.399. The molecule has 2 rings (SSSR count). The fourth-order valence-corrected chi connectivity index (χ4v) is 1.61. The van der Waals surface area contributed by atoms with Gasteiger partial charge < -0.3 is 10.0 Å². The zero-order chi connectivity index (χ0) is 10.7. The molecule has 1 amide bonds. The standard InChI is InChI=1S/C9H14N4O2/c14-5-8-3-12(4-8)9(15)1-2-13-7-10-6-11-13/h6-8,14H,1-5H2. The van der Waals surface area contributed by atoms with Crippen LogP contribution < -0.4 is 0 Å². The van der Waals surface area contributed by atoms with Gasteiger partial charge in [0.25, 0.3) is 0 Å². The Labute approximate surface area is 87.5 Å². The Hall–Kier alpha value is -1.43. The van der Waals surface area contributed by atoms with Gasteiger partial charge in [0.2, 0.25) is 5.91 Å². The molecule has 0 bridgehead atoms. The number of carbonyl (C=O) groups is 1. The minimum absolute atomic E-state index is 0.121. The molecule has 1 fully saturated rings. The van der Waals surface area contributed by atoms with Gasteiger partial charge in [-0.05, 0) is 0 Å². The van der Waals surface area contributed by atoms with Gasteiger partial charge in [0, 0.05) is 32.0 Å². The van der Waals surface area contributed by atoms with Crippen molar-refractivity contribution in [3.8, 4) is 0 Å². The molecule has 0 saturated carbocycles. The number of aryl methyl sites for hydroxylation is 1. The molecule has 15 heavy (non-hydrogen) atoms. The molecule has 0 aromatic carbocycles. The van der Waals surface area contributed by atoms with E-state index in [1.807, 2.05) is 0 Å². The maximum absolute atomic E-state index is 11.6. The fourth-order valence-electron chi connectivity index (χ4n) is 1.61. The molecule has 82 valence electrons. The van der Waals surface area contributed by atoms with E-state index in [1.54, 1.807) is 15.9 Å². The number of hydrogen-bond acceptors (Lipinski definition) is 4. The van der Waals surface area contributed by atoms with E-state index in [2.05, 4.69) is 10.1 Å². The highest BCUT2D eigenvalue weighted by molar-refractivity contribution is 5.76. The molecule has 1 aliphatic heterocycles. The quantitative estimate of drug-likeness (QED) is 0.700. The molecule has 2 heterocycles. The molecular formula is C9H14N4O2. The third-order valence-corrected chi connectivity index (χ3v) is 2.59. The van der Waals surface area contributed by atoms with Gasteiger partial charge >= 0.3 is 0 Å². The van der Waals surface area contributed by atoms with Crippen LogP contribution in [0.2, 0.25) is 0 Å². The highest BCUT2D eigenvalue weighted by Gasteiger charge is 2.29. The molecular weight excluding hydrogens is 196 g/mol. The number of carbonyl (C=O) groups excluding carboxylic acids is 1. The third-order valence-electron chi connectivity index (χ3n) is 2.59. The van der Waals surface area contributed by atoms with Gasteiger partial charge in [-0.3, -0.25) is 9.48 Å². The normalized spacial score (nSPS) is 16.5. The maximum Gasteiger partial charge on any atom is 0.224 e. The van der Waals surface area contributed by atoms with Crippen LogP contribution in [0.1, 0.15) is 6.42 Å². The zero-order valence-corrected chi connectivity index (χ0v) is 8.41. The highest BCUT2D eigenvalue weighted by atomic mass is 16.3. The smallest absolute Gasteiger partial charge is 0.224 e. The van der Waals surface area contributed by atoms with E-state index in [-0.39, 0.29) is 18.4 Å².